The van der Waals surface area contributed by atoms with Crippen LogP contribution in [0, 0.1) is 18.8 Å². The zero-order valence-corrected chi connectivity index (χ0v) is 26.1. The number of piperidine rings is 1. The molecule has 0 spiro atoms. The lowest BCUT2D eigenvalue weighted by Gasteiger charge is -2.31. The van der Waals surface area contributed by atoms with Crippen molar-refractivity contribution in [3.8, 4) is 0 Å². The van der Waals surface area contributed by atoms with Crippen molar-refractivity contribution in [3.63, 3.8) is 0 Å². The number of nitrogens with zero attached hydrogens (tertiary/aromatic N) is 1. The van der Waals surface area contributed by atoms with Gasteiger partial charge >= 0.3 is 12.1 Å². The monoisotopic (exact) mass is 574 g/mol. The number of unbranched alkanes of at least 4 members (excludes halogenated alkanes) is 6. The minimum atomic E-state index is -0.660. The molecule has 1 aromatic rings. The Hall–Kier alpha value is -2.12. The van der Waals surface area contributed by atoms with Gasteiger partial charge in [0.15, 0.2) is 0 Å². The molecule has 7 heteroatoms. The highest BCUT2D eigenvalue weighted by Crippen LogP contribution is 2.20. The summed E-state index contributed by atoms with van der Waals surface area (Å²) >= 11 is 0. The van der Waals surface area contributed by atoms with Gasteiger partial charge in [0.25, 0.3) is 0 Å². The highest BCUT2D eigenvalue weighted by Gasteiger charge is 2.20. The summed E-state index contributed by atoms with van der Waals surface area (Å²) < 4.78 is 22.0. The van der Waals surface area contributed by atoms with Crippen LogP contribution in [-0.2, 0) is 37.0 Å². The Balaban J connectivity index is 1.70. The van der Waals surface area contributed by atoms with Crippen LogP contribution >= 0.6 is 0 Å². The second-order valence-corrected chi connectivity index (χ2v) is 11.6. The quantitative estimate of drug-likeness (QED) is 0.109. The predicted octanol–water partition coefficient (Wildman–Crippen LogP) is 7.87. The molecule has 1 aliphatic rings. The van der Waals surface area contributed by atoms with E-state index in [9.17, 15) is 9.59 Å². The van der Waals surface area contributed by atoms with Crippen LogP contribution in [0.1, 0.15) is 115 Å². The molecule has 1 atom stereocenters. The number of benzene rings is 1. The minimum absolute atomic E-state index is 0.0384. The lowest BCUT2D eigenvalue weighted by Crippen LogP contribution is -2.37. The molecule has 1 heterocycles. The lowest BCUT2D eigenvalue weighted by atomic mass is 9.95. The van der Waals surface area contributed by atoms with E-state index < -0.39 is 6.16 Å². The van der Waals surface area contributed by atoms with Crippen LogP contribution in [0.25, 0.3) is 0 Å². The second-order valence-electron chi connectivity index (χ2n) is 11.6. The normalized spacial score (nSPS) is 15.7. The molecule has 0 aliphatic carbocycles. The average molecular weight is 575 g/mol. The molecule has 0 N–H and O–H groups in total. The smallest absolute Gasteiger partial charge is 0.459 e. The molecule has 7 nitrogen and oxygen atoms in total. The summed E-state index contributed by atoms with van der Waals surface area (Å²) in [4.78, 5) is 26.9. The molecule has 1 radical (unpaired) electrons. The molecule has 0 saturated carbocycles. The Morgan fingerprint density at radius 3 is 2.20 bits per heavy atom. The summed E-state index contributed by atoms with van der Waals surface area (Å²) in [5, 5.41) is 0. The highest BCUT2D eigenvalue weighted by molar-refractivity contribution is 5.70. The standard InChI is InChI=1S/C34H56NO6/c1-5-8-10-12-15-29(16-13-11-9-6-2)23-38-27-33(36)39-25-31-19-28(4)20-32(21-31)26-41-34(37)40-24-30-17-14-18-35(7-3)22-30/h19-21,29-30H,4-18,22-27H2,1-3H3. The van der Waals surface area contributed by atoms with E-state index in [1.54, 1.807) is 0 Å². The average Bonchev–Trinajstić information content (AvgIpc) is 2.97. The maximum Gasteiger partial charge on any atom is 0.508 e. The van der Waals surface area contributed by atoms with Crippen molar-refractivity contribution in [3.05, 3.63) is 41.8 Å². The van der Waals surface area contributed by atoms with Gasteiger partial charge in [-0.15, -0.1) is 0 Å². The van der Waals surface area contributed by atoms with Gasteiger partial charge in [-0.25, -0.2) is 9.59 Å². The molecule has 0 amide bonds. The zero-order chi connectivity index (χ0) is 29.7. The van der Waals surface area contributed by atoms with E-state index in [1.165, 1.54) is 51.4 Å². The molecule has 1 saturated heterocycles. The maximum absolute atomic E-state index is 12.4. The fourth-order valence-corrected chi connectivity index (χ4v) is 5.50. The molecular weight excluding hydrogens is 518 g/mol. The van der Waals surface area contributed by atoms with Crippen LogP contribution < -0.4 is 0 Å². The number of carbonyl (C=O) groups excluding carboxylic acids is 2. The second kappa shape index (κ2) is 21.6. The van der Waals surface area contributed by atoms with Gasteiger partial charge in [0.2, 0.25) is 0 Å². The first-order valence-corrected chi connectivity index (χ1v) is 16.1. The van der Waals surface area contributed by atoms with Crippen LogP contribution in [0.5, 0.6) is 0 Å². The Morgan fingerprint density at radius 2 is 1.56 bits per heavy atom. The summed E-state index contributed by atoms with van der Waals surface area (Å²) in [5.41, 5.74) is 2.34. The SMILES string of the molecule is [CH2]c1cc(COC(=O)COCC(CCCCCC)CCCCCC)cc(COC(=O)OCC2CCCN(CC)C2)c1. The number of carbonyl (C=O) groups is 2. The maximum atomic E-state index is 12.4. The molecule has 2 rings (SSSR count). The van der Waals surface area contributed by atoms with Crippen molar-refractivity contribution in [1.29, 1.82) is 0 Å². The van der Waals surface area contributed by atoms with Crippen molar-refractivity contribution < 1.29 is 28.5 Å². The van der Waals surface area contributed by atoms with Gasteiger partial charge in [-0.1, -0.05) is 84.3 Å². The van der Waals surface area contributed by atoms with Crippen LogP contribution in [0.4, 0.5) is 4.79 Å². The molecule has 233 valence electrons. The van der Waals surface area contributed by atoms with Gasteiger partial charge < -0.3 is 23.8 Å². The summed E-state index contributed by atoms with van der Waals surface area (Å²) in [7, 11) is 0. The van der Waals surface area contributed by atoms with Gasteiger partial charge in [0, 0.05) is 12.5 Å². The highest BCUT2D eigenvalue weighted by atomic mass is 16.7. The number of hydrogen-bond acceptors (Lipinski definition) is 7. The number of esters is 1. The fraction of sp³-hybridized carbons (Fsp3) is 0.735. The predicted molar refractivity (Wildman–Crippen MR) is 163 cm³/mol. The minimum Gasteiger partial charge on any atom is -0.459 e. The van der Waals surface area contributed by atoms with Crippen LogP contribution in [0.2, 0.25) is 0 Å². The van der Waals surface area contributed by atoms with E-state index in [0.717, 1.165) is 62.0 Å². The topological polar surface area (TPSA) is 74.3 Å². The van der Waals surface area contributed by atoms with E-state index >= 15 is 0 Å². The van der Waals surface area contributed by atoms with Crippen molar-refractivity contribution in [2.75, 3.05) is 39.5 Å². The van der Waals surface area contributed by atoms with E-state index in [-0.39, 0.29) is 25.8 Å². The van der Waals surface area contributed by atoms with Crippen LogP contribution in [0.15, 0.2) is 18.2 Å². The molecule has 0 aromatic heterocycles. The first-order valence-electron chi connectivity index (χ1n) is 16.1. The Labute approximate surface area is 249 Å². The number of rotatable bonds is 21. The number of likely N-dealkylation sites (tertiary alicyclic amines) is 1. The molecule has 41 heavy (non-hydrogen) atoms. The Morgan fingerprint density at radius 1 is 0.902 bits per heavy atom. The third-order valence-corrected chi connectivity index (χ3v) is 7.86. The van der Waals surface area contributed by atoms with Gasteiger partial charge in [-0.05, 0) is 74.4 Å². The Bertz CT molecular complexity index is 848. The van der Waals surface area contributed by atoms with Crippen molar-refractivity contribution in [1.82, 2.24) is 4.90 Å². The lowest BCUT2D eigenvalue weighted by molar-refractivity contribution is -0.150. The summed E-state index contributed by atoms with van der Waals surface area (Å²) in [6.45, 7) is 14.9. The third kappa shape index (κ3) is 16.2. The van der Waals surface area contributed by atoms with Gasteiger partial charge in [-0.3, -0.25) is 0 Å². The summed E-state index contributed by atoms with van der Waals surface area (Å²) in [5.74, 6) is 0.482. The molecular formula is C34H56NO6. The van der Waals surface area contributed by atoms with Crippen molar-refractivity contribution >= 4 is 12.1 Å². The number of hydrogen-bond donors (Lipinski definition) is 0. The third-order valence-electron chi connectivity index (χ3n) is 7.86. The molecule has 1 aliphatic heterocycles. The van der Waals surface area contributed by atoms with Gasteiger partial charge in [0.1, 0.15) is 19.8 Å². The van der Waals surface area contributed by atoms with Gasteiger partial charge in [-0.2, -0.15) is 0 Å². The molecule has 0 bridgehead atoms. The fourth-order valence-electron chi connectivity index (χ4n) is 5.50. The van der Waals surface area contributed by atoms with E-state index in [0.29, 0.717) is 25.0 Å². The largest absolute Gasteiger partial charge is 0.508 e. The zero-order valence-electron chi connectivity index (χ0n) is 26.1. The molecule has 1 unspecified atom stereocenters. The molecule has 1 fully saturated rings. The van der Waals surface area contributed by atoms with E-state index in [2.05, 4.69) is 32.6 Å². The van der Waals surface area contributed by atoms with Crippen LogP contribution in [0.3, 0.4) is 0 Å². The van der Waals surface area contributed by atoms with E-state index in [1.807, 2.05) is 18.2 Å². The first kappa shape index (κ1) is 35.1. The first-order chi connectivity index (χ1) is 19.9. The summed E-state index contributed by atoms with van der Waals surface area (Å²) in [6, 6.07) is 5.57. The van der Waals surface area contributed by atoms with Crippen molar-refractivity contribution in [2.24, 2.45) is 11.8 Å². The van der Waals surface area contributed by atoms with Gasteiger partial charge in [0.05, 0.1) is 13.2 Å². The summed E-state index contributed by atoms with van der Waals surface area (Å²) in [6.07, 6.45) is 13.9. The number of ether oxygens (including phenoxy) is 4. The van der Waals surface area contributed by atoms with Crippen molar-refractivity contribution in [2.45, 2.75) is 111 Å². The Kier molecular flexibility index (Phi) is 18.4. The van der Waals surface area contributed by atoms with Crippen LogP contribution in [-0.4, -0.2) is 56.5 Å². The van der Waals surface area contributed by atoms with E-state index in [4.69, 9.17) is 18.9 Å². The molecule has 1 aromatic carbocycles.